The van der Waals surface area contributed by atoms with Crippen LogP contribution in [-0.4, -0.2) is 72.3 Å². The van der Waals surface area contributed by atoms with Crippen molar-refractivity contribution in [2.24, 2.45) is 5.73 Å². The van der Waals surface area contributed by atoms with Crippen LogP contribution in [0.5, 0.6) is 0 Å². The molecule has 2 aliphatic heterocycles. The van der Waals surface area contributed by atoms with Crippen LogP contribution in [-0.2, 0) is 9.53 Å². The quantitative estimate of drug-likeness (QED) is 0.832. The van der Waals surface area contributed by atoms with Gasteiger partial charge in [-0.3, -0.25) is 9.69 Å². The number of rotatable bonds is 4. The molecular weight excluding hydrogens is 306 g/mol. The maximum atomic E-state index is 12.7. The van der Waals surface area contributed by atoms with Gasteiger partial charge in [-0.05, 0) is 18.4 Å². The number of aliphatic hydroxyl groups is 1. The van der Waals surface area contributed by atoms with Crippen LogP contribution in [0.25, 0.3) is 0 Å². The summed E-state index contributed by atoms with van der Waals surface area (Å²) in [6.45, 7) is 4.58. The van der Waals surface area contributed by atoms with Crippen LogP contribution in [0.4, 0.5) is 0 Å². The molecule has 0 radical (unpaired) electrons. The van der Waals surface area contributed by atoms with E-state index in [0.29, 0.717) is 45.7 Å². The number of nitrogens with two attached hydrogens (primary N) is 1. The summed E-state index contributed by atoms with van der Waals surface area (Å²) >= 11 is 0. The van der Waals surface area contributed by atoms with Gasteiger partial charge in [0.2, 0.25) is 5.91 Å². The van der Waals surface area contributed by atoms with Crippen molar-refractivity contribution >= 4 is 5.91 Å². The average Bonchev–Trinajstić information content (AvgIpc) is 2.63. The minimum atomic E-state index is -0.760. The normalized spacial score (nSPS) is 23.0. The van der Waals surface area contributed by atoms with E-state index in [0.717, 1.165) is 18.7 Å². The molecule has 1 atom stereocenters. The highest BCUT2D eigenvalue weighted by Gasteiger charge is 2.39. The molecule has 0 aromatic heterocycles. The highest BCUT2D eigenvalue weighted by atomic mass is 16.5. The molecule has 24 heavy (non-hydrogen) atoms. The molecule has 6 nitrogen and oxygen atoms in total. The van der Waals surface area contributed by atoms with Crippen LogP contribution < -0.4 is 5.73 Å². The molecule has 0 spiro atoms. The summed E-state index contributed by atoms with van der Waals surface area (Å²) in [7, 11) is 0. The van der Waals surface area contributed by atoms with E-state index in [1.165, 1.54) is 0 Å². The Morgan fingerprint density at radius 1 is 1.17 bits per heavy atom. The van der Waals surface area contributed by atoms with Gasteiger partial charge < -0.3 is 20.5 Å². The van der Waals surface area contributed by atoms with Gasteiger partial charge in [-0.2, -0.15) is 0 Å². The molecule has 2 heterocycles. The standard InChI is InChI=1S/C18H27N3O3/c19-18(6-12-24-13-7-18)17(23)21-10-8-20(9-11-21)14-16(22)15-4-2-1-3-5-15/h1-5,16,22H,6-14,19H2. The lowest BCUT2D eigenvalue weighted by Gasteiger charge is -2.41. The Kier molecular flexibility index (Phi) is 5.50. The Labute approximate surface area is 143 Å². The fraction of sp³-hybridized carbons (Fsp3) is 0.611. The number of hydrogen-bond donors (Lipinski definition) is 2. The molecule has 3 rings (SSSR count). The molecule has 1 unspecified atom stereocenters. The summed E-state index contributed by atoms with van der Waals surface area (Å²) < 4.78 is 5.32. The van der Waals surface area contributed by atoms with Crippen molar-refractivity contribution in [1.29, 1.82) is 0 Å². The number of piperazine rings is 1. The van der Waals surface area contributed by atoms with Crippen LogP contribution in [0, 0.1) is 0 Å². The largest absolute Gasteiger partial charge is 0.387 e. The number of ether oxygens (including phenoxy) is 1. The lowest BCUT2D eigenvalue weighted by molar-refractivity contribution is -0.142. The monoisotopic (exact) mass is 333 g/mol. The van der Waals surface area contributed by atoms with Crippen LogP contribution >= 0.6 is 0 Å². The molecule has 1 amide bonds. The minimum Gasteiger partial charge on any atom is -0.387 e. The first-order valence-corrected chi connectivity index (χ1v) is 8.70. The summed E-state index contributed by atoms with van der Waals surface area (Å²) in [5, 5.41) is 10.3. The van der Waals surface area contributed by atoms with Crippen molar-refractivity contribution in [3.63, 3.8) is 0 Å². The Morgan fingerprint density at radius 2 is 1.79 bits per heavy atom. The average molecular weight is 333 g/mol. The SMILES string of the molecule is NC1(C(=O)N2CCN(CC(O)c3ccccc3)CC2)CCOCC1. The smallest absolute Gasteiger partial charge is 0.242 e. The molecule has 2 saturated heterocycles. The van der Waals surface area contributed by atoms with E-state index in [1.807, 2.05) is 35.2 Å². The molecule has 0 saturated carbocycles. The fourth-order valence-electron chi connectivity index (χ4n) is 3.42. The van der Waals surface area contributed by atoms with E-state index < -0.39 is 11.6 Å². The topological polar surface area (TPSA) is 79.0 Å². The van der Waals surface area contributed by atoms with Gasteiger partial charge >= 0.3 is 0 Å². The molecule has 0 aliphatic carbocycles. The van der Waals surface area contributed by atoms with E-state index in [2.05, 4.69) is 4.90 Å². The second-order valence-electron chi connectivity index (χ2n) is 6.79. The van der Waals surface area contributed by atoms with Crippen molar-refractivity contribution < 1.29 is 14.6 Å². The fourth-order valence-corrected chi connectivity index (χ4v) is 3.42. The summed E-state index contributed by atoms with van der Waals surface area (Å²) in [4.78, 5) is 16.8. The molecule has 2 fully saturated rings. The first-order valence-electron chi connectivity index (χ1n) is 8.70. The zero-order valence-corrected chi connectivity index (χ0v) is 14.1. The molecule has 6 heteroatoms. The third-order valence-corrected chi connectivity index (χ3v) is 5.09. The Balaban J connectivity index is 1.49. The van der Waals surface area contributed by atoms with Gasteiger partial charge in [0.15, 0.2) is 0 Å². The first-order chi connectivity index (χ1) is 11.6. The van der Waals surface area contributed by atoms with Gasteiger partial charge in [-0.15, -0.1) is 0 Å². The van der Waals surface area contributed by atoms with E-state index in [1.54, 1.807) is 0 Å². The molecule has 3 N–H and O–H groups in total. The summed E-state index contributed by atoms with van der Waals surface area (Å²) in [6, 6.07) is 9.69. The van der Waals surface area contributed by atoms with Crippen molar-refractivity contribution in [2.75, 3.05) is 45.9 Å². The van der Waals surface area contributed by atoms with Gasteiger partial charge in [-0.1, -0.05) is 30.3 Å². The summed E-state index contributed by atoms with van der Waals surface area (Å²) in [5.74, 6) is 0.0501. The van der Waals surface area contributed by atoms with E-state index in [9.17, 15) is 9.90 Å². The third kappa shape index (κ3) is 3.95. The van der Waals surface area contributed by atoms with Crippen molar-refractivity contribution in [2.45, 2.75) is 24.5 Å². The van der Waals surface area contributed by atoms with E-state index >= 15 is 0 Å². The lowest BCUT2D eigenvalue weighted by atomic mass is 9.89. The van der Waals surface area contributed by atoms with Gasteiger partial charge in [0.05, 0.1) is 11.6 Å². The molecule has 2 aliphatic rings. The van der Waals surface area contributed by atoms with Crippen molar-refractivity contribution in [1.82, 2.24) is 9.80 Å². The zero-order valence-electron chi connectivity index (χ0n) is 14.1. The molecule has 1 aromatic rings. The molecular formula is C18H27N3O3. The number of hydrogen-bond acceptors (Lipinski definition) is 5. The predicted molar refractivity (Wildman–Crippen MR) is 91.4 cm³/mol. The van der Waals surface area contributed by atoms with Crippen LogP contribution in [0.2, 0.25) is 0 Å². The second kappa shape index (κ2) is 7.61. The molecule has 1 aromatic carbocycles. The molecule has 132 valence electrons. The van der Waals surface area contributed by atoms with Crippen LogP contribution in [0.1, 0.15) is 24.5 Å². The Bertz CT molecular complexity index is 538. The predicted octanol–water partition coefficient (Wildman–Crippen LogP) is 0.372. The number of amides is 1. The highest BCUT2D eigenvalue weighted by molar-refractivity contribution is 5.86. The van der Waals surface area contributed by atoms with Gasteiger partial charge in [0.25, 0.3) is 0 Å². The Morgan fingerprint density at radius 3 is 2.42 bits per heavy atom. The minimum absolute atomic E-state index is 0.0501. The number of β-amino-alcohol motifs (C(OH)–C–C–N with tert-alkyl or cyclic N) is 1. The van der Waals surface area contributed by atoms with E-state index in [-0.39, 0.29) is 5.91 Å². The highest BCUT2D eigenvalue weighted by Crippen LogP contribution is 2.22. The summed E-state index contributed by atoms with van der Waals surface area (Å²) in [6.07, 6.45) is 0.696. The van der Waals surface area contributed by atoms with Crippen LogP contribution in [0.15, 0.2) is 30.3 Å². The van der Waals surface area contributed by atoms with Gasteiger partial charge in [0.1, 0.15) is 0 Å². The number of carbonyl (C=O) groups excluding carboxylic acids is 1. The number of aliphatic hydroxyl groups excluding tert-OH is 1. The maximum Gasteiger partial charge on any atom is 0.242 e. The number of carbonyl (C=O) groups is 1. The van der Waals surface area contributed by atoms with Crippen molar-refractivity contribution in [3.05, 3.63) is 35.9 Å². The summed E-state index contributed by atoms with van der Waals surface area (Å²) in [5.41, 5.74) is 6.47. The third-order valence-electron chi connectivity index (χ3n) is 5.09. The lowest BCUT2D eigenvalue weighted by Crippen LogP contribution is -2.61. The number of nitrogens with zero attached hydrogens (tertiary/aromatic N) is 2. The van der Waals surface area contributed by atoms with Gasteiger partial charge in [0, 0.05) is 45.9 Å². The van der Waals surface area contributed by atoms with Gasteiger partial charge in [-0.25, -0.2) is 0 Å². The van der Waals surface area contributed by atoms with Crippen molar-refractivity contribution in [3.8, 4) is 0 Å². The Hall–Kier alpha value is -1.47. The maximum absolute atomic E-state index is 12.7. The zero-order chi connectivity index (χ0) is 17.0. The van der Waals surface area contributed by atoms with E-state index in [4.69, 9.17) is 10.5 Å². The molecule has 0 bridgehead atoms. The van der Waals surface area contributed by atoms with Crippen LogP contribution in [0.3, 0.4) is 0 Å². The first kappa shape index (κ1) is 17.4. The second-order valence-corrected chi connectivity index (χ2v) is 6.79. The number of benzene rings is 1.